The Hall–Kier alpha value is -5.33. The van der Waals surface area contributed by atoms with Crippen LogP contribution in [0.25, 0.3) is 33.9 Å². The average molecular weight is 596 g/mol. The van der Waals surface area contributed by atoms with Crippen molar-refractivity contribution in [3.05, 3.63) is 96.3 Å². The molecule has 0 radical (unpaired) electrons. The third kappa shape index (κ3) is 5.21. The molecule has 1 saturated heterocycles. The monoisotopic (exact) mass is 595 g/mol. The highest BCUT2D eigenvalue weighted by atomic mass is 19.3. The predicted octanol–water partition coefficient (Wildman–Crippen LogP) is 5.36. The van der Waals surface area contributed by atoms with Crippen LogP contribution < -0.4 is 0 Å². The lowest BCUT2D eigenvalue weighted by Gasteiger charge is -2.35. The summed E-state index contributed by atoms with van der Waals surface area (Å²) in [5.74, 6) is 0.980. The van der Waals surface area contributed by atoms with Crippen molar-refractivity contribution >= 4 is 17.0 Å². The van der Waals surface area contributed by atoms with Gasteiger partial charge in [-0.1, -0.05) is 35.1 Å². The minimum Gasteiger partial charge on any atom is -0.436 e. The molecule has 4 aromatic heterocycles. The normalized spacial score (nSPS) is 14.9. The molecule has 1 atom stereocenters. The number of halogens is 2. The van der Waals surface area contributed by atoms with E-state index < -0.39 is 6.55 Å². The number of imidazole rings is 1. The molecule has 44 heavy (non-hydrogen) atoms. The lowest BCUT2D eigenvalue weighted by atomic mass is 9.79. The van der Waals surface area contributed by atoms with E-state index in [1.54, 1.807) is 29.4 Å². The second-order valence-corrected chi connectivity index (χ2v) is 10.8. The minimum atomic E-state index is -2.87. The third-order valence-electron chi connectivity index (χ3n) is 8.05. The number of carbonyl (C=O) groups excluding carboxylic acids is 1. The number of hydrogen-bond donors (Lipinski definition) is 0. The van der Waals surface area contributed by atoms with Crippen molar-refractivity contribution in [1.29, 1.82) is 0 Å². The van der Waals surface area contributed by atoms with Gasteiger partial charge in [0.1, 0.15) is 17.0 Å². The maximum Gasteiger partial charge on any atom is 0.350 e. The number of rotatable bonds is 7. The van der Waals surface area contributed by atoms with Crippen LogP contribution in [0.4, 0.5) is 8.78 Å². The van der Waals surface area contributed by atoms with Gasteiger partial charge in [-0.2, -0.15) is 8.78 Å². The molecule has 11 nitrogen and oxygen atoms in total. The molecule has 7 rings (SSSR count). The second-order valence-electron chi connectivity index (χ2n) is 10.8. The summed E-state index contributed by atoms with van der Waals surface area (Å²) < 4.78 is 34.3. The van der Waals surface area contributed by atoms with Crippen LogP contribution in [0.2, 0.25) is 0 Å². The second kappa shape index (κ2) is 11.4. The number of benzene rings is 2. The first-order valence-electron chi connectivity index (χ1n) is 14.2. The van der Waals surface area contributed by atoms with Crippen molar-refractivity contribution in [2.45, 2.75) is 25.3 Å². The van der Waals surface area contributed by atoms with Crippen LogP contribution in [0.5, 0.6) is 0 Å². The summed E-state index contributed by atoms with van der Waals surface area (Å²) >= 11 is 0. The summed E-state index contributed by atoms with van der Waals surface area (Å²) in [4.78, 5) is 29.1. The zero-order valence-corrected chi connectivity index (χ0v) is 23.7. The van der Waals surface area contributed by atoms with E-state index >= 15 is 0 Å². The number of aromatic nitrogens is 8. The molecule has 222 valence electrons. The Balaban J connectivity index is 1.08. The van der Waals surface area contributed by atoms with Gasteiger partial charge in [-0.25, -0.2) is 9.97 Å². The van der Waals surface area contributed by atoms with E-state index in [-0.39, 0.29) is 29.3 Å². The smallest absolute Gasteiger partial charge is 0.350 e. The fourth-order valence-electron chi connectivity index (χ4n) is 5.85. The number of fused-ring (bicyclic) bond motifs is 1. The third-order valence-corrected chi connectivity index (χ3v) is 8.05. The highest BCUT2D eigenvalue weighted by Gasteiger charge is 2.34. The number of oxazole rings is 1. The summed E-state index contributed by atoms with van der Waals surface area (Å²) in [6.07, 6.45) is 6.47. The van der Waals surface area contributed by atoms with E-state index in [0.717, 1.165) is 17.0 Å². The molecule has 0 spiro atoms. The van der Waals surface area contributed by atoms with Gasteiger partial charge in [0.25, 0.3) is 5.91 Å². The van der Waals surface area contributed by atoms with Crippen molar-refractivity contribution < 1.29 is 18.0 Å². The van der Waals surface area contributed by atoms with Gasteiger partial charge in [0, 0.05) is 49.9 Å². The summed E-state index contributed by atoms with van der Waals surface area (Å²) in [6.45, 7) is -1.92. The number of aryl methyl sites for hydroxylation is 1. The molecular formula is C31H27F2N9O2. The quantitative estimate of drug-likeness (QED) is 0.242. The Morgan fingerprint density at radius 2 is 1.80 bits per heavy atom. The first-order chi connectivity index (χ1) is 21.4. The number of alkyl halides is 2. The van der Waals surface area contributed by atoms with Crippen LogP contribution >= 0.6 is 0 Å². The fraction of sp³-hybridized carbons (Fsp3) is 0.258. The molecule has 1 aliphatic rings. The molecule has 0 bridgehead atoms. The molecule has 5 heterocycles. The number of pyridine rings is 1. The Morgan fingerprint density at radius 3 is 2.52 bits per heavy atom. The van der Waals surface area contributed by atoms with Crippen LogP contribution in [0.3, 0.4) is 0 Å². The van der Waals surface area contributed by atoms with Crippen LogP contribution in [0.15, 0.2) is 83.7 Å². The van der Waals surface area contributed by atoms with Crippen molar-refractivity contribution in [3.8, 4) is 22.8 Å². The highest BCUT2D eigenvalue weighted by molar-refractivity contribution is 5.93. The molecule has 0 N–H and O–H groups in total. The maximum absolute atomic E-state index is 13.5. The number of carbonyl (C=O) groups is 1. The molecule has 1 aliphatic heterocycles. The van der Waals surface area contributed by atoms with Crippen molar-refractivity contribution in [3.63, 3.8) is 0 Å². The first-order valence-corrected chi connectivity index (χ1v) is 14.2. The van der Waals surface area contributed by atoms with Crippen LogP contribution in [-0.4, -0.2) is 63.6 Å². The van der Waals surface area contributed by atoms with Crippen LogP contribution in [0.1, 0.15) is 47.2 Å². The predicted molar refractivity (Wildman–Crippen MR) is 155 cm³/mol. The molecule has 1 amide bonds. The van der Waals surface area contributed by atoms with E-state index in [0.29, 0.717) is 53.3 Å². The number of likely N-dealkylation sites (tertiary alicyclic amines) is 1. The minimum absolute atomic E-state index is 0.0338. The topological polar surface area (TPSA) is 121 Å². The van der Waals surface area contributed by atoms with Gasteiger partial charge in [-0.05, 0) is 59.9 Å². The van der Waals surface area contributed by atoms with Gasteiger partial charge >= 0.3 is 6.55 Å². The standard InChI is InChI=1S/C31H27F2N9O2/c1-40-16-13-35-28(40)21-7-8-25-23(17-21)36-29(44-25)22-9-12-34-24(18-22)30(43)41-14-10-20(11-15-41)26(19-5-3-2-4-6-19)27-37-39-42(38-27)31(32)33/h2-9,12-13,16-18,20,26,31H,10-11,14-15H2,1H3. The Kier molecular flexibility index (Phi) is 7.12. The molecule has 6 aromatic rings. The van der Waals surface area contributed by atoms with Gasteiger partial charge in [0.05, 0.1) is 5.92 Å². The molecular weight excluding hydrogens is 568 g/mol. The van der Waals surface area contributed by atoms with Crippen molar-refractivity contribution in [2.24, 2.45) is 13.0 Å². The van der Waals surface area contributed by atoms with Gasteiger partial charge in [-0.15, -0.1) is 10.2 Å². The average Bonchev–Trinajstić information content (AvgIpc) is 3.82. The Labute approximate surface area is 250 Å². The lowest BCUT2D eigenvalue weighted by Crippen LogP contribution is -2.40. The Bertz CT molecular complexity index is 1930. The summed E-state index contributed by atoms with van der Waals surface area (Å²) in [7, 11) is 1.93. The lowest BCUT2D eigenvalue weighted by molar-refractivity contribution is 0.0391. The molecule has 1 unspecified atom stereocenters. The van der Waals surface area contributed by atoms with Crippen LogP contribution in [0, 0.1) is 5.92 Å². The van der Waals surface area contributed by atoms with E-state index in [9.17, 15) is 13.6 Å². The zero-order valence-electron chi connectivity index (χ0n) is 23.7. The number of tetrazole rings is 1. The molecule has 0 saturated carbocycles. The van der Waals surface area contributed by atoms with Crippen LogP contribution in [-0.2, 0) is 7.05 Å². The van der Waals surface area contributed by atoms with E-state index in [1.165, 1.54) is 0 Å². The number of amides is 1. The SMILES string of the molecule is Cn1ccnc1-c1ccc2oc(-c3ccnc(C(=O)N4CCC(C(c5ccccc5)c5nnn(C(F)F)n5)CC4)c3)nc2c1. The fourth-order valence-corrected chi connectivity index (χ4v) is 5.85. The van der Waals surface area contributed by atoms with Gasteiger partial charge in [0.15, 0.2) is 11.4 Å². The van der Waals surface area contributed by atoms with E-state index in [1.807, 2.05) is 66.3 Å². The van der Waals surface area contributed by atoms with E-state index in [2.05, 4.69) is 30.4 Å². The maximum atomic E-state index is 13.5. The number of hydrogen-bond acceptors (Lipinski definition) is 8. The molecule has 1 fully saturated rings. The van der Waals surface area contributed by atoms with Gasteiger partial charge < -0.3 is 13.9 Å². The highest BCUT2D eigenvalue weighted by Crippen LogP contribution is 2.37. The van der Waals surface area contributed by atoms with E-state index in [4.69, 9.17) is 4.42 Å². The van der Waals surface area contributed by atoms with Crippen molar-refractivity contribution in [2.75, 3.05) is 13.1 Å². The largest absolute Gasteiger partial charge is 0.436 e. The Morgan fingerprint density at radius 1 is 0.977 bits per heavy atom. The summed E-state index contributed by atoms with van der Waals surface area (Å²) in [5, 5.41) is 11.5. The molecule has 2 aromatic carbocycles. The first kappa shape index (κ1) is 27.5. The number of nitrogens with zero attached hydrogens (tertiary/aromatic N) is 9. The summed E-state index contributed by atoms with van der Waals surface area (Å²) in [6, 6.07) is 18.7. The van der Waals surface area contributed by atoms with Gasteiger partial charge in [-0.3, -0.25) is 9.78 Å². The molecule has 0 aliphatic carbocycles. The molecule has 13 heteroatoms. The number of piperidine rings is 1. The van der Waals surface area contributed by atoms with Crippen molar-refractivity contribution in [1.82, 2.24) is 44.6 Å². The van der Waals surface area contributed by atoms with Gasteiger partial charge in [0.2, 0.25) is 5.89 Å². The zero-order chi connectivity index (χ0) is 30.2. The summed E-state index contributed by atoms with van der Waals surface area (Å²) in [5.41, 5.74) is 4.08.